The van der Waals surface area contributed by atoms with Gasteiger partial charge in [-0.05, 0) is 5.56 Å². The van der Waals surface area contributed by atoms with E-state index >= 15 is 0 Å². The molecule has 104 valence electrons. The number of ether oxygens (including phenoxy) is 3. The first-order valence-corrected chi connectivity index (χ1v) is 6.15. The van der Waals surface area contributed by atoms with Crippen molar-refractivity contribution >= 4 is 0 Å². The van der Waals surface area contributed by atoms with Gasteiger partial charge in [-0.1, -0.05) is 42.2 Å². The summed E-state index contributed by atoms with van der Waals surface area (Å²) < 4.78 is 15.9. The standard InChI is InChI=1S/C15H20O4/c1-17-13-19-15(9-5-6-10-16)12-18-11-14-7-3-2-4-8-14/h2-4,7-8,15-16H,9-13H2,1H3/t15-/m0/s1. The van der Waals surface area contributed by atoms with Crippen molar-refractivity contribution in [1.29, 1.82) is 0 Å². The van der Waals surface area contributed by atoms with Crippen LogP contribution < -0.4 is 0 Å². The normalized spacial score (nSPS) is 11.7. The molecule has 19 heavy (non-hydrogen) atoms. The number of rotatable bonds is 8. The Bertz CT molecular complexity index is 380. The highest BCUT2D eigenvalue weighted by Crippen LogP contribution is 2.04. The van der Waals surface area contributed by atoms with Crippen LogP contribution in [0.2, 0.25) is 0 Å². The van der Waals surface area contributed by atoms with E-state index in [4.69, 9.17) is 19.3 Å². The first kappa shape index (κ1) is 15.7. The summed E-state index contributed by atoms with van der Waals surface area (Å²) in [6, 6.07) is 9.94. The zero-order valence-corrected chi connectivity index (χ0v) is 11.2. The van der Waals surface area contributed by atoms with E-state index in [0.29, 0.717) is 19.6 Å². The van der Waals surface area contributed by atoms with Gasteiger partial charge in [-0.25, -0.2) is 0 Å². The topological polar surface area (TPSA) is 47.9 Å². The van der Waals surface area contributed by atoms with Crippen molar-refractivity contribution in [3.05, 3.63) is 35.9 Å². The van der Waals surface area contributed by atoms with E-state index in [1.807, 2.05) is 30.3 Å². The Balaban J connectivity index is 2.30. The fraction of sp³-hybridized carbons (Fsp3) is 0.467. The van der Waals surface area contributed by atoms with Crippen molar-refractivity contribution in [2.75, 3.05) is 27.1 Å². The van der Waals surface area contributed by atoms with Gasteiger partial charge < -0.3 is 19.3 Å². The lowest BCUT2D eigenvalue weighted by Gasteiger charge is -2.15. The van der Waals surface area contributed by atoms with E-state index in [9.17, 15) is 0 Å². The molecule has 0 fully saturated rings. The molecule has 0 unspecified atom stereocenters. The van der Waals surface area contributed by atoms with Crippen molar-refractivity contribution < 1.29 is 19.3 Å². The van der Waals surface area contributed by atoms with Crippen molar-refractivity contribution in [3.63, 3.8) is 0 Å². The highest BCUT2D eigenvalue weighted by atomic mass is 16.7. The lowest BCUT2D eigenvalue weighted by molar-refractivity contribution is -0.0966. The van der Waals surface area contributed by atoms with E-state index in [-0.39, 0.29) is 19.5 Å². The second kappa shape index (κ2) is 10.5. The molecule has 0 spiro atoms. The van der Waals surface area contributed by atoms with E-state index in [2.05, 4.69) is 11.8 Å². The number of benzene rings is 1. The molecule has 0 aliphatic carbocycles. The first-order valence-electron chi connectivity index (χ1n) is 6.15. The molecule has 1 aromatic carbocycles. The number of aliphatic hydroxyl groups excluding tert-OH is 1. The molecule has 1 N–H and O–H groups in total. The Morgan fingerprint density at radius 1 is 1.21 bits per heavy atom. The molecule has 4 nitrogen and oxygen atoms in total. The molecule has 4 heteroatoms. The highest BCUT2D eigenvalue weighted by Gasteiger charge is 2.08. The molecule has 0 amide bonds. The Kier molecular flexibility index (Phi) is 8.69. The molecule has 0 heterocycles. The van der Waals surface area contributed by atoms with Crippen LogP contribution in [0.4, 0.5) is 0 Å². The van der Waals surface area contributed by atoms with Gasteiger partial charge in [-0.2, -0.15) is 0 Å². The zero-order valence-electron chi connectivity index (χ0n) is 11.2. The smallest absolute Gasteiger partial charge is 0.146 e. The monoisotopic (exact) mass is 264 g/mol. The van der Waals surface area contributed by atoms with Crippen LogP contribution in [0.25, 0.3) is 0 Å². The lowest BCUT2D eigenvalue weighted by atomic mass is 10.2. The Hall–Kier alpha value is -1.38. The minimum Gasteiger partial charge on any atom is -0.384 e. The predicted molar refractivity (Wildman–Crippen MR) is 72.3 cm³/mol. The van der Waals surface area contributed by atoms with Gasteiger partial charge in [0.05, 0.1) is 19.3 Å². The summed E-state index contributed by atoms with van der Waals surface area (Å²) in [6.07, 6.45) is 0.362. The summed E-state index contributed by atoms with van der Waals surface area (Å²) in [7, 11) is 1.57. The molecule has 1 atom stereocenters. The molecule has 0 aliphatic heterocycles. The Morgan fingerprint density at radius 2 is 2.00 bits per heavy atom. The second-order valence-electron chi connectivity index (χ2n) is 3.91. The van der Waals surface area contributed by atoms with Crippen LogP contribution in [0.15, 0.2) is 30.3 Å². The van der Waals surface area contributed by atoms with Crippen molar-refractivity contribution in [2.45, 2.75) is 19.1 Å². The fourth-order valence-corrected chi connectivity index (χ4v) is 1.45. The summed E-state index contributed by atoms with van der Waals surface area (Å²) in [5, 5.41) is 8.61. The highest BCUT2D eigenvalue weighted by molar-refractivity contribution is 5.13. The predicted octanol–water partition coefficient (Wildman–Crippen LogP) is 1.58. The van der Waals surface area contributed by atoms with Crippen LogP contribution in [-0.2, 0) is 20.8 Å². The Labute approximate surface area is 114 Å². The fourth-order valence-electron chi connectivity index (χ4n) is 1.45. The summed E-state index contributed by atoms with van der Waals surface area (Å²) in [6.45, 7) is 1.06. The minimum absolute atomic E-state index is 0.137. The summed E-state index contributed by atoms with van der Waals surface area (Å²) in [4.78, 5) is 0. The zero-order chi connectivity index (χ0) is 13.8. The van der Waals surface area contributed by atoms with Crippen LogP contribution in [0.5, 0.6) is 0 Å². The molecule has 1 aromatic rings. The van der Waals surface area contributed by atoms with Gasteiger partial charge in [-0.15, -0.1) is 0 Å². The van der Waals surface area contributed by atoms with Crippen molar-refractivity contribution in [3.8, 4) is 11.8 Å². The van der Waals surface area contributed by atoms with Crippen LogP contribution >= 0.6 is 0 Å². The van der Waals surface area contributed by atoms with Gasteiger partial charge in [0.15, 0.2) is 0 Å². The average Bonchev–Trinajstić information content (AvgIpc) is 2.45. The summed E-state index contributed by atoms with van der Waals surface area (Å²) in [5.41, 5.74) is 1.12. The van der Waals surface area contributed by atoms with Crippen LogP contribution in [0.1, 0.15) is 12.0 Å². The van der Waals surface area contributed by atoms with E-state index in [1.165, 1.54) is 0 Å². The van der Waals surface area contributed by atoms with Gasteiger partial charge in [0.25, 0.3) is 0 Å². The molecule has 0 bridgehead atoms. The van der Waals surface area contributed by atoms with Crippen LogP contribution in [0.3, 0.4) is 0 Å². The lowest BCUT2D eigenvalue weighted by Crippen LogP contribution is -2.20. The van der Waals surface area contributed by atoms with Crippen LogP contribution in [0, 0.1) is 11.8 Å². The van der Waals surface area contributed by atoms with Gasteiger partial charge in [0, 0.05) is 13.5 Å². The molecule has 0 saturated carbocycles. The molecule has 0 aromatic heterocycles. The molecular weight excluding hydrogens is 244 g/mol. The number of hydrogen-bond donors (Lipinski definition) is 1. The van der Waals surface area contributed by atoms with Gasteiger partial charge >= 0.3 is 0 Å². The number of aliphatic hydroxyl groups is 1. The third-order valence-electron chi connectivity index (χ3n) is 2.37. The van der Waals surface area contributed by atoms with Gasteiger partial charge in [-0.3, -0.25) is 0 Å². The minimum atomic E-state index is -0.150. The molecule has 0 aliphatic rings. The van der Waals surface area contributed by atoms with E-state index < -0.39 is 0 Å². The SMILES string of the molecule is COCO[C@@H](CC#CCO)COCc1ccccc1. The molecule has 0 radical (unpaired) electrons. The molecule has 1 rings (SSSR count). The summed E-state index contributed by atoms with van der Waals surface area (Å²) in [5.74, 6) is 5.42. The Morgan fingerprint density at radius 3 is 2.68 bits per heavy atom. The van der Waals surface area contributed by atoms with Crippen LogP contribution in [-0.4, -0.2) is 38.3 Å². The third-order valence-corrected chi connectivity index (χ3v) is 2.37. The first-order chi connectivity index (χ1) is 9.36. The quantitative estimate of drug-likeness (QED) is 0.572. The van der Waals surface area contributed by atoms with Crippen molar-refractivity contribution in [1.82, 2.24) is 0 Å². The van der Waals surface area contributed by atoms with E-state index in [1.54, 1.807) is 7.11 Å². The molecule has 0 saturated heterocycles. The average molecular weight is 264 g/mol. The molecular formula is C15H20O4. The maximum Gasteiger partial charge on any atom is 0.146 e. The third kappa shape index (κ3) is 7.60. The maximum atomic E-state index is 8.61. The summed E-state index contributed by atoms with van der Waals surface area (Å²) >= 11 is 0. The van der Waals surface area contributed by atoms with Crippen molar-refractivity contribution in [2.24, 2.45) is 0 Å². The largest absolute Gasteiger partial charge is 0.384 e. The number of hydrogen-bond acceptors (Lipinski definition) is 4. The second-order valence-corrected chi connectivity index (χ2v) is 3.91. The van der Waals surface area contributed by atoms with Gasteiger partial charge in [0.1, 0.15) is 13.4 Å². The maximum absolute atomic E-state index is 8.61. The van der Waals surface area contributed by atoms with E-state index in [0.717, 1.165) is 5.56 Å². The number of methoxy groups -OCH3 is 1. The van der Waals surface area contributed by atoms with Gasteiger partial charge in [0.2, 0.25) is 0 Å².